The maximum Gasteiger partial charge on any atom is 0.231 e. The highest BCUT2D eigenvalue weighted by Gasteiger charge is 2.20. The summed E-state index contributed by atoms with van der Waals surface area (Å²) in [4.78, 5) is 11.5. The summed E-state index contributed by atoms with van der Waals surface area (Å²) in [5.41, 5.74) is 0.456. The summed E-state index contributed by atoms with van der Waals surface area (Å²) < 4.78 is 10.3. The number of aliphatic hydroxyl groups is 1. The van der Waals surface area contributed by atoms with Crippen molar-refractivity contribution in [1.82, 2.24) is 0 Å². The Bertz CT molecular complexity index is 478. The molecule has 0 saturated carbocycles. The van der Waals surface area contributed by atoms with E-state index in [9.17, 15) is 9.90 Å². The molecule has 1 unspecified atom stereocenters. The summed E-state index contributed by atoms with van der Waals surface area (Å²) >= 11 is 0. The quantitative estimate of drug-likeness (QED) is 0.848. The van der Waals surface area contributed by atoms with E-state index in [1.54, 1.807) is 18.2 Å². The Balaban J connectivity index is 2.12. The molecule has 1 N–H and O–H groups in total. The molecule has 5 heteroatoms. The number of ketones is 1. The van der Waals surface area contributed by atoms with E-state index in [0.29, 0.717) is 17.1 Å². The van der Waals surface area contributed by atoms with Gasteiger partial charge in [-0.1, -0.05) is 6.07 Å². The number of aliphatic hydroxyl groups excluding tert-OH is 1. The number of ether oxygens (including phenoxy) is 2. The molecule has 1 aromatic carbocycles. The Labute approximate surface area is 98.2 Å². The Kier molecular flexibility index (Phi) is 3.26. The van der Waals surface area contributed by atoms with Crippen LogP contribution in [0.5, 0.6) is 11.5 Å². The Morgan fingerprint density at radius 3 is 3.00 bits per heavy atom. The highest BCUT2D eigenvalue weighted by atomic mass is 16.7. The van der Waals surface area contributed by atoms with Crippen LogP contribution in [0.4, 0.5) is 0 Å². The zero-order chi connectivity index (χ0) is 12.3. The molecule has 0 bridgehead atoms. The Morgan fingerprint density at radius 2 is 2.24 bits per heavy atom. The lowest BCUT2D eigenvalue weighted by molar-refractivity contribution is -0.127. The van der Waals surface area contributed by atoms with Gasteiger partial charge in [0.05, 0.1) is 6.07 Å². The van der Waals surface area contributed by atoms with Crippen LogP contribution in [-0.4, -0.2) is 17.7 Å². The highest BCUT2D eigenvalue weighted by molar-refractivity contribution is 5.84. The van der Waals surface area contributed by atoms with Crippen molar-refractivity contribution < 1.29 is 19.4 Å². The van der Waals surface area contributed by atoms with Gasteiger partial charge in [0.25, 0.3) is 0 Å². The summed E-state index contributed by atoms with van der Waals surface area (Å²) in [5, 5.41) is 18.2. The number of nitriles is 1. The van der Waals surface area contributed by atoms with Gasteiger partial charge in [0.1, 0.15) is 6.10 Å². The molecule has 5 nitrogen and oxygen atoms in total. The van der Waals surface area contributed by atoms with Crippen LogP contribution in [0.1, 0.15) is 24.5 Å². The number of nitrogens with zero attached hydrogens (tertiary/aromatic N) is 1. The van der Waals surface area contributed by atoms with E-state index in [0.717, 1.165) is 0 Å². The van der Waals surface area contributed by atoms with Crippen molar-refractivity contribution in [3.63, 3.8) is 0 Å². The zero-order valence-corrected chi connectivity index (χ0v) is 9.05. The maximum absolute atomic E-state index is 11.5. The second kappa shape index (κ2) is 4.85. The molecular formula is C12H11NO4. The first-order valence-electron chi connectivity index (χ1n) is 5.19. The van der Waals surface area contributed by atoms with Gasteiger partial charge in [-0.05, 0) is 17.7 Å². The van der Waals surface area contributed by atoms with Crippen molar-refractivity contribution in [3.8, 4) is 17.6 Å². The molecule has 1 atom stereocenters. The fourth-order valence-electron chi connectivity index (χ4n) is 1.58. The minimum atomic E-state index is -1.21. The fraction of sp³-hybridized carbons (Fsp3) is 0.333. The minimum Gasteiger partial charge on any atom is -0.454 e. The molecule has 0 fully saturated rings. The van der Waals surface area contributed by atoms with Gasteiger partial charge in [-0.3, -0.25) is 4.79 Å². The predicted octanol–water partition coefficient (Wildman–Crippen LogP) is 1.32. The van der Waals surface area contributed by atoms with Gasteiger partial charge < -0.3 is 14.6 Å². The van der Waals surface area contributed by atoms with Crippen molar-refractivity contribution in [3.05, 3.63) is 23.8 Å². The smallest absolute Gasteiger partial charge is 0.231 e. The van der Waals surface area contributed by atoms with Gasteiger partial charge >= 0.3 is 0 Å². The van der Waals surface area contributed by atoms with Crippen LogP contribution < -0.4 is 9.47 Å². The second-order valence-electron chi connectivity index (χ2n) is 3.64. The predicted molar refractivity (Wildman–Crippen MR) is 57.4 cm³/mol. The summed E-state index contributed by atoms with van der Waals surface area (Å²) in [6.45, 7) is 0.150. The van der Waals surface area contributed by atoms with Gasteiger partial charge in [0.2, 0.25) is 6.79 Å². The van der Waals surface area contributed by atoms with E-state index in [-0.39, 0.29) is 25.4 Å². The van der Waals surface area contributed by atoms with E-state index in [1.165, 1.54) is 0 Å². The molecule has 0 aromatic heterocycles. The third kappa shape index (κ3) is 2.37. The summed E-state index contributed by atoms with van der Waals surface area (Å²) in [6, 6.07) is 6.72. The topological polar surface area (TPSA) is 79.6 Å². The van der Waals surface area contributed by atoms with Crippen LogP contribution >= 0.6 is 0 Å². The number of hydrogen-bond acceptors (Lipinski definition) is 5. The molecular weight excluding hydrogens is 222 g/mol. The molecule has 1 aromatic rings. The number of carbonyl (C=O) groups is 1. The van der Waals surface area contributed by atoms with E-state index in [2.05, 4.69) is 0 Å². The number of rotatable bonds is 4. The highest BCUT2D eigenvalue weighted by Crippen LogP contribution is 2.34. The summed E-state index contributed by atoms with van der Waals surface area (Å²) in [6.07, 6.45) is -1.05. The lowest BCUT2D eigenvalue weighted by Crippen LogP contribution is -2.11. The molecule has 0 amide bonds. The van der Waals surface area contributed by atoms with Crippen LogP contribution in [0.15, 0.2) is 18.2 Å². The van der Waals surface area contributed by atoms with Gasteiger partial charge in [-0.15, -0.1) is 0 Å². The number of benzene rings is 1. The Hall–Kier alpha value is -2.06. The van der Waals surface area contributed by atoms with Crippen molar-refractivity contribution in [2.24, 2.45) is 0 Å². The largest absolute Gasteiger partial charge is 0.454 e. The van der Waals surface area contributed by atoms with E-state index >= 15 is 0 Å². The van der Waals surface area contributed by atoms with Crippen LogP contribution in [-0.2, 0) is 4.79 Å². The van der Waals surface area contributed by atoms with Crippen LogP contribution in [0, 0.1) is 11.3 Å². The molecule has 1 aliphatic heterocycles. The molecule has 0 aliphatic carbocycles. The van der Waals surface area contributed by atoms with Crippen molar-refractivity contribution in [2.45, 2.75) is 18.9 Å². The summed E-state index contributed by atoms with van der Waals surface area (Å²) in [7, 11) is 0. The molecule has 17 heavy (non-hydrogen) atoms. The molecule has 0 radical (unpaired) electrons. The number of hydrogen-bond donors (Lipinski definition) is 1. The normalized spacial score (nSPS) is 14.1. The molecule has 1 heterocycles. The zero-order valence-electron chi connectivity index (χ0n) is 9.05. The number of fused-ring (bicyclic) bond motifs is 1. The average Bonchev–Trinajstić information content (AvgIpc) is 2.81. The first-order chi connectivity index (χ1) is 8.22. The number of carbonyl (C=O) groups excluding carboxylic acids is 1. The second-order valence-corrected chi connectivity index (χ2v) is 3.64. The van der Waals surface area contributed by atoms with Gasteiger partial charge in [0.15, 0.2) is 17.3 Å². The SMILES string of the molecule is N#CCCC(=O)C(O)c1ccc2c(c1)OCO2. The molecule has 0 spiro atoms. The van der Waals surface area contributed by atoms with Crippen LogP contribution in [0.25, 0.3) is 0 Å². The van der Waals surface area contributed by atoms with Crippen molar-refractivity contribution >= 4 is 5.78 Å². The van der Waals surface area contributed by atoms with Crippen molar-refractivity contribution in [1.29, 1.82) is 5.26 Å². The summed E-state index contributed by atoms with van der Waals surface area (Å²) in [5.74, 6) is 0.755. The van der Waals surface area contributed by atoms with Gasteiger partial charge in [-0.2, -0.15) is 5.26 Å². The van der Waals surface area contributed by atoms with Crippen LogP contribution in [0.2, 0.25) is 0 Å². The average molecular weight is 233 g/mol. The lowest BCUT2D eigenvalue weighted by atomic mass is 10.0. The van der Waals surface area contributed by atoms with E-state index in [1.807, 2.05) is 6.07 Å². The lowest BCUT2D eigenvalue weighted by Gasteiger charge is -2.09. The minimum absolute atomic E-state index is 0.0477. The fourth-order valence-corrected chi connectivity index (χ4v) is 1.58. The number of Topliss-reactive ketones (excluding diaryl/α,β-unsaturated/α-hetero) is 1. The standard InChI is InChI=1S/C12H11NO4/c13-5-1-2-9(14)12(15)8-3-4-10-11(6-8)17-7-16-10/h3-4,6,12,15H,1-2,7H2. The maximum atomic E-state index is 11.5. The molecule has 88 valence electrons. The molecule has 0 saturated heterocycles. The van der Waals surface area contributed by atoms with E-state index in [4.69, 9.17) is 14.7 Å². The van der Waals surface area contributed by atoms with Gasteiger partial charge in [0, 0.05) is 12.8 Å². The molecule has 1 aliphatic rings. The van der Waals surface area contributed by atoms with Gasteiger partial charge in [-0.25, -0.2) is 0 Å². The van der Waals surface area contributed by atoms with Crippen LogP contribution in [0.3, 0.4) is 0 Å². The monoisotopic (exact) mass is 233 g/mol. The van der Waals surface area contributed by atoms with E-state index < -0.39 is 6.10 Å². The first-order valence-corrected chi connectivity index (χ1v) is 5.19. The van der Waals surface area contributed by atoms with Crippen molar-refractivity contribution in [2.75, 3.05) is 6.79 Å². The first kappa shape index (κ1) is 11.4. The Morgan fingerprint density at radius 1 is 1.47 bits per heavy atom. The third-order valence-electron chi connectivity index (χ3n) is 2.50. The molecule has 2 rings (SSSR count). The third-order valence-corrected chi connectivity index (χ3v) is 2.50.